The molecular formula is C54H88O20. The summed E-state index contributed by atoms with van der Waals surface area (Å²) in [5.41, 5.74) is 2.28. The van der Waals surface area contributed by atoms with Gasteiger partial charge in [0.2, 0.25) is 0 Å². The van der Waals surface area contributed by atoms with E-state index < -0.39 is 142 Å². The van der Waals surface area contributed by atoms with Gasteiger partial charge in [0.1, 0.15) is 79.4 Å². The van der Waals surface area contributed by atoms with Crippen molar-refractivity contribution >= 4 is 0 Å². The molecule has 10 N–H and O–H groups in total. The van der Waals surface area contributed by atoms with Crippen LogP contribution in [0, 0.1) is 45.3 Å². The van der Waals surface area contributed by atoms with Gasteiger partial charge in [-0.1, -0.05) is 57.9 Å². The molecule has 424 valence electrons. The first-order chi connectivity index (χ1) is 34.9. The van der Waals surface area contributed by atoms with Crippen LogP contribution in [-0.4, -0.2) is 207 Å². The van der Waals surface area contributed by atoms with E-state index >= 15 is 0 Å². The summed E-state index contributed by atoms with van der Waals surface area (Å²) in [7, 11) is 0. The first-order valence-electron chi connectivity index (χ1n) is 27.4. The van der Waals surface area contributed by atoms with Crippen LogP contribution in [0.4, 0.5) is 0 Å². The molecule has 0 bridgehead atoms. The second-order valence-electron chi connectivity index (χ2n) is 24.8. The van der Waals surface area contributed by atoms with Crippen molar-refractivity contribution < 1.29 is 98.4 Å². The number of fused-ring (bicyclic) bond motifs is 5. The van der Waals surface area contributed by atoms with Crippen LogP contribution in [0.15, 0.2) is 23.3 Å². The number of hydrogen-bond donors (Lipinski definition) is 10. The van der Waals surface area contributed by atoms with E-state index in [0.29, 0.717) is 30.8 Å². The highest BCUT2D eigenvalue weighted by Crippen LogP contribution is 2.74. The third kappa shape index (κ3) is 9.95. The number of hydrogen-bond acceptors (Lipinski definition) is 20. The van der Waals surface area contributed by atoms with Gasteiger partial charge in [-0.25, -0.2) is 0 Å². The third-order valence-electron chi connectivity index (χ3n) is 20.0. The Kier molecular flexibility index (Phi) is 17.0. The van der Waals surface area contributed by atoms with E-state index in [1.807, 2.05) is 6.92 Å². The van der Waals surface area contributed by atoms with Crippen molar-refractivity contribution in [2.45, 2.75) is 243 Å². The minimum Gasteiger partial charge on any atom is -0.394 e. The van der Waals surface area contributed by atoms with Gasteiger partial charge in [-0.15, -0.1) is 0 Å². The van der Waals surface area contributed by atoms with Crippen LogP contribution < -0.4 is 0 Å². The van der Waals surface area contributed by atoms with Gasteiger partial charge in [0, 0.05) is 12.5 Å². The summed E-state index contributed by atoms with van der Waals surface area (Å²) in [6.45, 7) is 18.8. The van der Waals surface area contributed by atoms with Gasteiger partial charge in [0.25, 0.3) is 0 Å². The SMILES string of the molecule is CCO[C@H]1O[C@@H](C=C(C)C)C[C@H]1[C@@H]1CC[C@]2(C)C3=CC[C@H]4C(C)(C)[C@@H](O[C@@H]5O[C@H](CO)[C@@H](O)[C@H](O[C@@H]6OC[C@H](O)[C@H](O)[C@H]6O)[C@H]5O[C@@H]5O[C@@H](C)[C@H](O)[C@@H](O[C@@H]6OC[C@H](O)[C@H](O)[C@H]6O)[C@H]5O)CC[C@]4(C)[C@H]3CC[C@@]12C. The highest BCUT2D eigenvalue weighted by Gasteiger charge is 2.67. The molecule has 74 heavy (non-hydrogen) atoms. The lowest BCUT2D eigenvalue weighted by Gasteiger charge is -2.65. The monoisotopic (exact) mass is 1060 g/mol. The molecule has 0 radical (unpaired) electrons. The molecule has 0 aromatic carbocycles. The molecule has 9 rings (SSSR count). The number of ether oxygens (including phenoxy) is 10. The Balaban J connectivity index is 0.983. The summed E-state index contributed by atoms with van der Waals surface area (Å²) in [4.78, 5) is 0. The Morgan fingerprint density at radius 3 is 1.92 bits per heavy atom. The zero-order valence-corrected chi connectivity index (χ0v) is 44.6. The van der Waals surface area contributed by atoms with Crippen LogP contribution in [-0.2, 0) is 47.4 Å². The molecule has 3 saturated carbocycles. The van der Waals surface area contributed by atoms with Crippen LogP contribution in [0.3, 0.4) is 0 Å². The van der Waals surface area contributed by atoms with Crippen LogP contribution >= 0.6 is 0 Å². The fourth-order valence-electron chi connectivity index (χ4n) is 15.7. The molecule has 0 aromatic rings. The summed E-state index contributed by atoms with van der Waals surface area (Å²) >= 11 is 0. The van der Waals surface area contributed by atoms with Crippen LogP contribution in [0.5, 0.6) is 0 Å². The maximum atomic E-state index is 11.9. The quantitative estimate of drug-likeness (QED) is 0.116. The van der Waals surface area contributed by atoms with E-state index in [9.17, 15) is 51.1 Å². The Labute approximate surface area is 435 Å². The first-order valence-corrected chi connectivity index (χ1v) is 27.4. The minimum atomic E-state index is -1.84. The Morgan fingerprint density at radius 2 is 1.30 bits per heavy atom. The summed E-state index contributed by atoms with van der Waals surface area (Å²) in [6.07, 6.45) is -16.6. The van der Waals surface area contributed by atoms with Gasteiger partial charge in [0.05, 0.1) is 38.1 Å². The molecule has 28 atom stereocenters. The maximum absolute atomic E-state index is 11.9. The summed E-state index contributed by atoms with van der Waals surface area (Å²) < 4.78 is 62.2. The van der Waals surface area contributed by atoms with Gasteiger partial charge < -0.3 is 98.4 Å². The van der Waals surface area contributed by atoms with Gasteiger partial charge in [-0.3, -0.25) is 0 Å². The smallest absolute Gasteiger partial charge is 0.187 e. The van der Waals surface area contributed by atoms with E-state index in [4.69, 9.17) is 47.4 Å². The lowest BCUT2D eigenvalue weighted by atomic mass is 9.41. The minimum absolute atomic E-state index is 0.00679. The Bertz CT molecular complexity index is 1990. The summed E-state index contributed by atoms with van der Waals surface area (Å²) in [6, 6.07) is 0. The average molecular weight is 1060 g/mol. The van der Waals surface area contributed by atoms with E-state index in [0.717, 1.165) is 44.9 Å². The number of aliphatic hydroxyl groups is 10. The second kappa shape index (κ2) is 22.0. The van der Waals surface area contributed by atoms with Gasteiger partial charge in [0.15, 0.2) is 31.5 Å². The van der Waals surface area contributed by atoms with E-state index in [2.05, 4.69) is 60.6 Å². The molecule has 0 amide bonds. The van der Waals surface area contributed by atoms with Crippen molar-refractivity contribution in [1.29, 1.82) is 0 Å². The van der Waals surface area contributed by atoms with E-state index in [1.165, 1.54) is 12.5 Å². The zero-order chi connectivity index (χ0) is 53.6. The third-order valence-corrected chi connectivity index (χ3v) is 20.0. The van der Waals surface area contributed by atoms with Crippen molar-refractivity contribution in [3.05, 3.63) is 23.3 Å². The molecule has 5 saturated heterocycles. The van der Waals surface area contributed by atoms with Crippen molar-refractivity contribution in [3.8, 4) is 0 Å². The van der Waals surface area contributed by atoms with Crippen molar-refractivity contribution in [1.82, 2.24) is 0 Å². The Hall–Kier alpha value is -1.32. The molecule has 0 unspecified atom stereocenters. The lowest BCUT2D eigenvalue weighted by Crippen LogP contribution is -2.67. The number of rotatable bonds is 13. The molecular weight excluding hydrogens is 969 g/mol. The Morgan fingerprint density at radius 1 is 0.662 bits per heavy atom. The predicted molar refractivity (Wildman–Crippen MR) is 260 cm³/mol. The van der Waals surface area contributed by atoms with Crippen LogP contribution in [0.2, 0.25) is 0 Å². The fraction of sp³-hybridized carbons (Fsp3) is 0.926. The largest absolute Gasteiger partial charge is 0.394 e. The predicted octanol–water partition coefficient (Wildman–Crippen LogP) is 1.29. The van der Waals surface area contributed by atoms with Gasteiger partial charge in [-0.05, 0) is 118 Å². The molecule has 5 aliphatic heterocycles. The molecule has 0 aromatic heterocycles. The molecule has 20 nitrogen and oxygen atoms in total. The topological polar surface area (TPSA) is 295 Å². The molecule has 5 heterocycles. The highest BCUT2D eigenvalue weighted by molar-refractivity contribution is 5.33. The maximum Gasteiger partial charge on any atom is 0.187 e. The molecule has 0 spiro atoms. The second-order valence-corrected chi connectivity index (χ2v) is 24.8. The van der Waals surface area contributed by atoms with Crippen LogP contribution in [0.25, 0.3) is 0 Å². The molecule has 20 heteroatoms. The standard InChI is InChI=1S/C54H88O20/c1-10-65-46-27(20-26(69-46)19-24(2)3)28-13-17-54(9)30-11-12-34-51(5,6)35(15-16-52(34,7)29(30)14-18-53(28,54)8)71-50-45(44(39(61)33(21-55)70-50)73-48-41(63)38(60)32(57)23-67-48)74-49-42(64)43(36(58)25(4)68-49)72-47-40(62)37(59)31(56)22-66-47/h11,19,25-29,31-50,55-64H,10,12-18,20-23H2,1-9H3/t25-,26-,27-,28-,29-,31-,32-,33+,34-,35-,36-,37-,38-,39+,40+,41+,42+,43+,44-,45+,46-,47-,48-,49-,50-,52+,53-,54+/m0/s1. The highest BCUT2D eigenvalue weighted by atomic mass is 16.8. The molecule has 8 fully saturated rings. The first kappa shape index (κ1) is 57.4. The van der Waals surface area contributed by atoms with Crippen molar-refractivity contribution in [2.24, 2.45) is 45.3 Å². The average Bonchev–Trinajstić information content (AvgIpc) is 3.87. The number of aliphatic hydroxyl groups excluding tert-OH is 10. The summed E-state index contributed by atoms with van der Waals surface area (Å²) in [5, 5.41) is 109. The zero-order valence-electron chi connectivity index (χ0n) is 44.6. The van der Waals surface area contributed by atoms with Crippen molar-refractivity contribution in [3.63, 3.8) is 0 Å². The molecule has 4 aliphatic carbocycles. The normalized spacial score (nSPS) is 53.4. The van der Waals surface area contributed by atoms with E-state index in [-0.39, 0.29) is 34.6 Å². The van der Waals surface area contributed by atoms with Gasteiger partial charge in [-0.2, -0.15) is 0 Å². The van der Waals surface area contributed by atoms with Crippen LogP contribution in [0.1, 0.15) is 114 Å². The number of allylic oxidation sites excluding steroid dienone is 3. The van der Waals surface area contributed by atoms with Gasteiger partial charge >= 0.3 is 0 Å². The lowest BCUT2D eigenvalue weighted by molar-refractivity contribution is -0.400. The van der Waals surface area contributed by atoms with Crippen molar-refractivity contribution in [2.75, 3.05) is 26.4 Å². The van der Waals surface area contributed by atoms with E-state index in [1.54, 1.807) is 5.57 Å². The fourth-order valence-corrected chi connectivity index (χ4v) is 15.7. The summed E-state index contributed by atoms with van der Waals surface area (Å²) in [5.74, 6) is 1.25. The molecule has 9 aliphatic rings.